The van der Waals surface area contributed by atoms with Gasteiger partial charge >= 0.3 is 0 Å². The Bertz CT molecular complexity index is 890. The summed E-state index contributed by atoms with van der Waals surface area (Å²) in [4.78, 5) is 19.2. The van der Waals surface area contributed by atoms with Crippen LogP contribution >= 0.6 is 0 Å². The third-order valence-corrected chi connectivity index (χ3v) is 4.94. The van der Waals surface area contributed by atoms with E-state index >= 15 is 0 Å². The summed E-state index contributed by atoms with van der Waals surface area (Å²) in [5.41, 5.74) is 2.68. The summed E-state index contributed by atoms with van der Waals surface area (Å²) in [6, 6.07) is 6.34. The van der Waals surface area contributed by atoms with Crippen molar-refractivity contribution in [3.05, 3.63) is 47.1 Å². The number of hydrogen-bond acceptors (Lipinski definition) is 5. The smallest absolute Gasteiger partial charge is 0.244 e. The van der Waals surface area contributed by atoms with E-state index in [1.54, 1.807) is 6.08 Å². The highest BCUT2D eigenvalue weighted by molar-refractivity contribution is 5.92. The summed E-state index contributed by atoms with van der Waals surface area (Å²) in [6.07, 6.45) is 5.64. The minimum atomic E-state index is -0.729. The van der Waals surface area contributed by atoms with Crippen LogP contribution in [0.25, 0.3) is 6.08 Å². The van der Waals surface area contributed by atoms with E-state index in [0.717, 1.165) is 24.9 Å². The normalized spacial score (nSPS) is 15.0. The predicted molar refractivity (Wildman–Crippen MR) is 111 cm³/mol. The van der Waals surface area contributed by atoms with Crippen molar-refractivity contribution in [1.29, 1.82) is 0 Å². The van der Waals surface area contributed by atoms with Crippen LogP contribution < -0.4 is 10.2 Å². The lowest BCUT2D eigenvalue weighted by atomic mass is 9.97. The molecule has 150 valence electrons. The maximum absolute atomic E-state index is 12.5. The molecule has 0 radical (unpaired) electrons. The summed E-state index contributed by atoms with van der Waals surface area (Å²) in [6.45, 7) is 10.8. The lowest BCUT2D eigenvalue weighted by molar-refractivity contribution is -0.118. The third kappa shape index (κ3) is 4.43. The van der Waals surface area contributed by atoms with E-state index in [-0.39, 0.29) is 11.3 Å². The minimum absolute atomic E-state index is 0.193. The van der Waals surface area contributed by atoms with Gasteiger partial charge in [-0.3, -0.25) is 4.79 Å². The highest BCUT2D eigenvalue weighted by Gasteiger charge is 2.31. The maximum atomic E-state index is 12.5. The average molecular weight is 383 g/mol. The van der Waals surface area contributed by atoms with Crippen LogP contribution in [0.1, 0.15) is 63.9 Å². The van der Waals surface area contributed by atoms with Crippen LogP contribution in [0.3, 0.4) is 0 Å². The number of aryl methyl sites for hydroxylation is 1. The van der Waals surface area contributed by atoms with Crippen LogP contribution in [-0.2, 0) is 22.2 Å². The Kier molecular flexibility index (Phi) is 5.33. The van der Waals surface area contributed by atoms with Gasteiger partial charge in [0.1, 0.15) is 0 Å². The van der Waals surface area contributed by atoms with Gasteiger partial charge in [-0.25, -0.2) is 0 Å². The van der Waals surface area contributed by atoms with Gasteiger partial charge in [0.05, 0.1) is 5.54 Å². The number of anilines is 1. The quantitative estimate of drug-likeness (QED) is 0.814. The van der Waals surface area contributed by atoms with Crippen molar-refractivity contribution in [2.45, 2.75) is 58.4 Å². The molecule has 2 aromatic rings. The van der Waals surface area contributed by atoms with Gasteiger partial charge in [0.15, 0.2) is 5.82 Å². The fraction of sp³-hybridized carbons (Fsp3) is 0.500. The molecule has 1 amide bonds. The number of fused-ring (bicyclic) bond motifs is 1. The first-order chi connectivity index (χ1) is 13.1. The first kappa shape index (κ1) is 20.1. The van der Waals surface area contributed by atoms with Crippen LogP contribution in [0.5, 0.6) is 0 Å². The molecule has 1 aromatic heterocycles. The highest BCUT2D eigenvalue weighted by atomic mass is 16.5. The van der Waals surface area contributed by atoms with Crippen molar-refractivity contribution in [3.63, 3.8) is 0 Å². The van der Waals surface area contributed by atoms with E-state index in [0.29, 0.717) is 11.7 Å². The molecule has 0 fully saturated rings. The molecular formula is C22H30N4O2. The lowest BCUT2D eigenvalue weighted by Crippen LogP contribution is -2.41. The van der Waals surface area contributed by atoms with Gasteiger partial charge in [-0.15, -0.1) is 0 Å². The standard InChI is InChI=1S/C22H30N4O2/c1-21(2,3)20-23-19(25-28-20)22(4,5)24-18(27)12-10-15-9-11-17-16(14-15)8-7-13-26(17)6/h9-12,14H,7-8,13H2,1-6H3,(H,24,27). The van der Waals surface area contributed by atoms with E-state index in [1.165, 1.54) is 11.3 Å². The number of carbonyl (C=O) groups excluding carboxylic acids is 1. The molecule has 0 aliphatic carbocycles. The molecule has 0 unspecified atom stereocenters. The van der Waals surface area contributed by atoms with Gasteiger partial charge in [-0.05, 0) is 56.0 Å². The Morgan fingerprint density at radius 3 is 2.68 bits per heavy atom. The van der Waals surface area contributed by atoms with Gasteiger partial charge in [0.25, 0.3) is 0 Å². The second-order valence-electron chi connectivity index (χ2n) is 9.03. The van der Waals surface area contributed by atoms with Gasteiger partial charge in [0, 0.05) is 30.8 Å². The second kappa shape index (κ2) is 7.41. The predicted octanol–water partition coefficient (Wildman–Crippen LogP) is 3.81. The second-order valence-corrected chi connectivity index (χ2v) is 9.03. The Labute approximate surface area is 167 Å². The molecule has 1 aliphatic rings. The molecule has 3 rings (SSSR count). The molecule has 6 heteroatoms. The number of rotatable bonds is 4. The van der Waals surface area contributed by atoms with Crippen LogP contribution in [0.2, 0.25) is 0 Å². The number of hydrogen-bond donors (Lipinski definition) is 1. The highest BCUT2D eigenvalue weighted by Crippen LogP contribution is 2.27. The maximum Gasteiger partial charge on any atom is 0.244 e. The molecule has 1 aromatic carbocycles. The summed E-state index contributed by atoms with van der Waals surface area (Å²) in [7, 11) is 2.12. The van der Waals surface area contributed by atoms with Crippen molar-refractivity contribution in [2.24, 2.45) is 0 Å². The fourth-order valence-corrected chi connectivity index (χ4v) is 3.27. The SMILES string of the molecule is CN1CCCc2cc(C=CC(=O)NC(C)(C)c3noc(C(C)(C)C)n3)ccc21. The largest absolute Gasteiger partial charge is 0.374 e. The zero-order chi connectivity index (χ0) is 20.5. The number of amides is 1. The molecule has 28 heavy (non-hydrogen) atoms. The molecule has 2 heterocycles. The van der Waals surface area contributed by atoms with Crippen LogP contribution in [0.15, 0.2) is 28.8 Å². The molecule has 0 spiro atoms. The fourth-order valence-electron chi connectivity index (χ4n) is 3.27. The summed E-state index contributed by atoms with van der Waals surface area (Å²) in [5, 5.41) is 7.01. The van der Waals surface area contributed by atoms with Gasteiger partial charge in [-0.1, -0.05) is 32.0 Å². The van der Waals surface area contributed by atoms with E-state index in [9.17, 15) is 4.79 Å². The number of nitrogens with zero attached hydrogens (tertiary/aromatic N) is 3. The lowest BCUT2D eigenvalue weighted by Gasteiger charge is -2.27. The van der Waals surface area contributed by atoms with Crippen molar-refractivity contribution in [1.82, 2.24) is 15.5 Å². The summed E-state index contributed by atoms with van der Waals surface area (Å²) >= 11 is 0. The Balaban J connectivity index is 1.68. The molecule has 0 saturated carbocycles. The summed E-state index contributed by atoms with van der Waals surface area (Å²) < 4.78 is 5.35. The van der Waals surface area contributed by atoms with Crippen molar-refractivity contribution in [2.75, 3.05) is 18.5 Å². The zero-order valence-corrected chi connectivity index (χ0v) is 17.7. The first-order valence-corrected chi connectivity index (χ1v) is 9.75. The van der Waals surface area contributed by atoms with Gasteiger partial charge < -0.3 is 14.7 Å². The molecular weight excluding hydrogens is 352 g/mol. The van der Waals surface area contributed by atoms with Crippen molar-refractivity contribution < 1.29 is 9.32 Å². The Morgan fingerprint density at radius 1 is 1.25 bits per heavy atom. The number of nitrogens with one attached hydrogen (secondary N) is 1. The minimum Gasteiger partial charge on any atom is -0.374 e. The van der Waals surface area contributed by atoms with Crippen molar-refractivity contribution >= 4 is 17.7 Å². The Morgan fingerprint density at radius 2 is 2.00 bits per heavy atom. The molecule has 1 aliphatic heterocycles. The molecule has 0 saturated heterocycles. The summed E-state index contributed by atoms with van der Waals surface area (Å²) in [5.74, 6) is 0.831. The molecule has 0 atom stereocenters. The Hall–Kier alpha value is -2.63. The van der Waals surface area contributed by atoms with Crippen LogP contribution in [-0.4, -0.2) is 29.6 Å². The topological polar surface area (TPSA) is 71.3 Å². The number of aromatic nitrogens is 2. The van der Waals surface area contributed by atoms with Gasteiger partial charge in [0.2, 0.25) is 11.8 Å². The van der Waals surface area contributed by atoms with Crippen LogP contribution in [0.4, 0.5) is 5.69 Å². The monoisotopic (exact) mass is 382 g/mol. The first-order valence-electron chi connectivity index (χ1n) is 9.75. The van der Waals surface area contributed by atoms with Crippen molar-refractivity contribution in [3.8, 4) is 0 Å². The number of benzene rings is 1. The van der Waals surface area contributed by atoms with E-state index in [4.69, 9.17) is 4.52 Å². The van der Waals surface area contributed by atoms with E-state index in [1.807, 2.05) is 46.8 Å². The average Bonchev–Trinajstić information content (AvgIpc) is 3.11. The molecule has 6 nitrogen and oxygen atoms in total. The zero-order valence-electron chi connectivity index (χ0n) is 17.7. The van der Waals surface area contributed by atoms with E-state index < -0.39 is 5.54 Å². The third-order valence-electron chi connectivity index (χ3n) is 4.94. The molecule has 1 N–H and O–H groups in total. The van der Waals surface area contributed by atoms with E-state index in [2.05, 4.69) is 39.5 Å². The molecule has 0 bridgehead atoms. The van der Waals surface area contributed by atoms with Gasteiger partial charge in [-0.2, -0.15) is 4.98 Å². The van der Waals surface area contributed by atoms with Crippen LogP contribution in [0, 0.1) is 0 Å². The number of carbonyl (C=O) groups is 1.